The van der Waals surface area contributed by atoms with Crippen molar-refractivity contribution in [3.05, 3.63) is 35.9 Å². The summed E-state index contributed by atoms with van der Waals surface area (Å²) in [6.07, 6.45) is 0.649. The van der Waals surface area contributed by atoms with E-state index in [1.165, 1.54) is 5.56 Å². The fourth-order valence-electron chi connectivity index (χ4n) is 3.03. The molecular formula is C18H28N2O. The van der Waals surface area contributed by atoms with E-state index in [0.29, 0.717) is 36.6 Å². The van der Waals surface area contributed by atoms with Gasteiger partial charge in [0.1, 0.15) is 0 Å². The van der Waals surface area contributed by atoms with Crippen molar-refractivity contribution in [1.82, 2.24) is 4.90 Å². The molecule has 1 saturated heterocycles. The summed E-state index contributed by atoms with van der Waals surface area (Å²) in [5, 5.41) is 0. The molecule has 0 bridgehead atoms. The Bertz CT molecular complexity index is 458. The first kappa shape index (κ1) is 16.0. The van der Waals surface area contributed by atoms with Crippen molar-refractivity contribution < 1.29 is 4.79 Å². The van der Waals surface area contributed by atoms with Crippen LogP contribution < -0.4 is 5.73 Å². The van der Waals surface area contributed by atoms with Crippen LogP contribution in [0.3, 0.4) is 0 Å². The number of likely N-dealkylation sites (tertiary alicyclic amines) is 1. The van der Waals surface area contributed by atoms with Crippen LogP contribution in [0.1, 0.15) is 38.7 Å². The Morgan fingerprint density at radius 1 is 1.24 bits per heavy atom. The molecule has 3 atom stereocenters. The van der Waals surface area contributed by atoms with E-state index in [0.717, 1.165) is 13.1 Å². The largest absolute Gasteiger partial charge is 0.342 e. The molecule has 21 heavy (non-hydrogen) atoms. The maximum absolute atomic E-state index is 12.5. The van der Waals surface area contributed by atoms with E-state index < -0.39 is 0 Å². The second-order valence-corrected chi connectivity index (χ2v) is 6.74. The third-order valence-electron chi connectivity index (χ3n) is 4.96. The monoisotopic (exact) mass is 288 g/mol. The van der Waals surface area contributed by atoms with Gasteiger partial charge in [0.25, 0.3) is 0 Å². The second kappa shape index (κ2) is 7.08. The van der Waals surface area contributed by atoms with Crippen LogP contribution in [0.15, 0.2) is 30.3 Å². The molecule has 116 valence electrons. The molecular weight excluding hydrogens is 260 g/mol. The lowest BCUT2D eigenvalue weighted by Gasteiger charge is -2.21. The van der Waals surface area contributed by atoms with Crippen LogP contribution >= 0.6 is 0 Å². The van der Waals surface area contributed by atoms with Crippen molar-refractivity contribution in [1.29, 1.82) is 0 Å². The molecule has 1 amide bonds. The van der Waals surface area contributed by atoms with Crippen LogP contribution in [0.25, 0.3) is 0 Å². The van der Waals surface area contributed by atoms with E-state index in [4.69, 9.17) is 5.73 Å². The second-order valence-electron chi connectivity index (χ2n) is 6.74. The van der Waals surface area contributed by atoms with E-state index in [1.54, 1.807) is 0 Å². The number of carbonyl (C=O) groups excluding carboxylic acids is 1. The summed E-state index contributed by atoms with van der Waals surface area (Å²) in [5.74, 6) is 2.03. The molecule has 0 aliphatic carbocycles. The number of amides is 1. The predicted octanol–water partition coefficient (Wildman–Crippen LogP) is 2.87. The molecule has 1 aromatic rings. The van der Waals surface area contributed by atoms with Crippen molar-refractivity contribution in [2.24, 2.45) is 23.5 Å². The Labute approximate surface area is 128 Å². The van der Waals surface area contributed by atoms with Gasteiger partial charge in [0.15, 0.2) is 0 Å². The maximum Gasteiger partial charge on any atom is 0.222 e. The fourth-order valence-corrected chi connectivity index (χ4v) is 3.03. The predicted molar refractivity (Wildman–Crippen MR) is 86.9 cm³/mol. The number of nitrogens with zero attached hydrogens (tertiary/aromatic N) is 1. The summed E-state index contributed by atoms with van der Waals surface area (Å²) in [4.78, 5) is 14.5. The van der Waals surface area contributed by atoms with Crippen molar-refractivity contribution in [3.63, 3.8) is 0 Å². The van der Waals surface area contributed by atoms with Crippen molar-refractivity contribution in [2.75, 3.05) is 19.6 Å². The van der Waals surface area contributed by atoms with Crippen LogP contribution in [0.2, 0.25) is 0 Å². The highest BCUT2D eigenvalue weighted by Gasteiger charge is 2.35. The molecule has 1 aliphatic rings. The van der Waals surface area contributed by atoms with Gasteiger partial charge < -0.3 is 10.6 Å². The summed E-state index contributed by atoms with van der Waals surface area (Å²) < 4.78 is 0. The van der Waals surface area contributed by atoms with E-state index in [-0.39, 0.29) is 5.91 Å². The molecule has 3 nitrogen and oxygen atoms in total. The Morgan fingerprint density at radius 3 is 2.48 bits per heavy atom. The highest BCUT2D eigenvalue weighted by Crippen LogP contribution is 2.32. The van der Waals surface area contributed by atoms with Crippen LogP contribution in [-0.4, -0.2) is 30.4 Å². The molecule has 0 radical (unpaired) electrons. The van der Waals surface area contributed by atoms with E-state index >= 15 is 0 Å². The number of nitrogens with two attached hydrogens (primary N) is 1. The Morgan fingerprint density at radius 2 is 1.90 bits per heavy atom. The average molecular weight is 288 g/mol. The van der Waals surface area contributed by atoms with Crippen molar-refractivity contribution in [3.8, 4) is 0 Å². The smallest absolute Gasteiger partial charge is 0.222 e. The van der Waals surface area contributed by atoms with Crippen molar-refractivity contribution in [2.45, 2.75) is 33.1 Å². The molecule has 2 rings (SSSR count). The van der Waals surface area contributed by atoms with Gasteiger partial charge in [0, 0.05) is 25.4 Å². The minimum Gasteiger partial charge on any atom is -0.342 e. The average Bonchev–Trinajstić information content (AvgIpc) is 2.92. The Balaban J connectivity index is 2.03. The third kappa shape index (κ3) is 3.85. The fraction of sp³-hybridized carbons (Fsp3) is 0.611. The molecule has 2 N–H and O–H groups in total. The van der Waals surface area contributed by atoms with Gasteiger partial charge >= 0.3 is 0 Å². The summed E-state index contributed by atoms with van der Waals surface area (Å²) in [6, 6.07) is 10.5. The van der Waals surface area contributed by atoms with Crippen molar-refractivity contribution >= 4 is 5.91 Å². The first-order chi connectivity index (χ1) is 10.0. The summed E-state index contributed by atoms with van der Waals surface area (Å²) in [7, 11) is 0. The third-order valence-corrected chi connectivity index (χ3v) is 4.96. The van der Waals surface area contributed by atoms with Gasteiger partial charge in [-0.15, -0.1) is 0 Å². The zero-order chi connectivity index (χ0) is 15.4. The summed E-state index contributed by atoms with van der Waals surface area (Å²) in [5.41, 5.74) is 7.24. The topological polar surface area (TPSA) is 46.3 Å². The molecule has 3 heteroatoms. The standard InChI is InChI=1S/C18H28N2O/c1-13(2)14(3)9-18(21)20-11-16(10-19)17(12-20)15-7-5-4-6-8-15/h4-8,13-14,16-17H,9-12,19H2,1-3H3/t14?,16-,17+/m1/s1. The molecule has 1 unspecified atom stereocenters. The van der Waals surface area contributed by atoms with E-state index in [9.17, 15) is 4.79 Å². The van der Waals surface area contributed by atoms with Gasteiger partial charge in [0.05, 0.1) is 0 Å². The minimum atomic E-state index is 0.285. The molecule has 0 spiro atoms. The van der Waals surface area contributed by atoms with Gasteiger partial charge in [-0.1, -0.05) is 51.1 Å². The Hall–Kier alpha value is -1.35. The molecule has 0 saturated carbocycles. The quantitative estimate of drug-likeness (QED) is 0.905. The van der Waals surface area contributed by atoms with Crippen LogP contribution in [0.4, 0.5) is 0 Å². The molecule has 0 aromatic heterocycles. The lowest BCUT2D eigenvalue weighted by atomic mass is 9.89. The highest BCUT2D eigenvalue weighted by atomic mass is 16.2. The van der Waals surface area contributed by atoms with Crippen LogP contribution in [0.5, 0.6) is 0 Å². The van der Waals surface area contributed by atoms with Gasteiger partial charge in [-0.05, 0) is 29.9 Å². The molecule has 1 aliphatic heterocycles. The highest BCUT2D eigenvalue weighted by molar-refractivity contribution is 5.77. The molecule has 1 fully saturated rings. The zero-order valence-electron chi connectivity index (χ0n) is 13.5. The van der Waals surface area contributed by atoms with E-state index in [1.807, 2.05) is 11.0 Å². The number of benzene rings is 1. The van der Waals surface area contributed by atoms with Gasteiger partial charge in [-0.25, -0.2) is 0 Å². The normalized spacial score (nSPS) is 23.6. The zero-order valence-corrected chi connectivity index (χ0v) is 13.5. The van der Waals surface area contributed by atoms with Gasteiger partial charge in [-0.3, -0.25) is 4.79 Å². The number of rotatable bonds is 5. The molecule has 1 aromatic carbocycles. The summed E-state index contributed by atoms with van der Waals surface area (Å²) in [6.45, 7) is 8.78. The van der Waals surface area contributed by atoms with Crippen LogP contribution in [0, 0.1) is 17.8 Å². The lowest BCUT2D eigenvalue weighted by molar-refractivity contribution is -0.131. The SMILES string of the molecule is CC(C)C(C)CC(=O)N1C[C@@H](CN)[C@H](c2ccccc2)C1. The lowest BCUT2D eigenvalue weighted by Crippen LogP contribution is -2.31. The number of hydrogen-bond acceptors (Lipinski definition) is 2. The van der Waals surface area contributed by atoms with Gasteiger partial charge in [0.2, 0.25) is 5.91 Å². The summed E-state index contributed by atoms with van der Waals surface area (Å²) >= 11 is 0. The first-order valence-electron chi connectivity index (χ1n) is 8.05. The number of carbonyl (C=O) groups is 1. The maximum atomic E-state index is 12.5. The van der Waals surface area contributed by atoms with Gasteiger partial charge in [-0.2, -0.15) is 0 Å². The molecule has 1 heterocycles. The Kier molecular flexibility index (Phi) is 5.40. The first-order valence-corrected chi connectivity index (χ1v) is 8.05. The minimum absolute atomic E-state index is 0.285. The van der Waals surface area contributed by atoms with E-state index in [2.05, 4.69) is 45.0 Å². The number of hydrogen-bond donors (Lipinski definition) is 1. The van der Waals surface area contributed by atoms with Crippen LogP contribution in [-0.2, 0) is 4.79 Å².